The molecule has 3 heteroatoms. The molecule has 0 aromatic rings. The second kappa shape index (κ2) is 4.19. The van der Waals surface area contributed by atoms with E-state index in [0.717, 1.165) is 25.6 Å². The molecular weight excluding hydrogens is 236 g/mol. The fourth-order valence-corrected chi connectivity index (χ4v) is 4.40. The molecule has 110 valence electrons. The third-order valence-corrected chi connectivity index (χ3v) is 6.42. The third kappa shape index (κ3) is 1.97. The van der Waals surface area contributed by atoms with Gasteiger partial charge in [0.25, 0.3) is 0 Å². The fraction of sp³-hybridized carbons (Fsp3) is 1.00. The highest BCUT2D eigenvalue weighted by molar-refractivity contribution is 5.20. The summed E-state index contributed by atoms with van der Waals surface area (Å²) in [5, 5.41) is 3.65. The molecule has 0 bridgehead atoms. The van der Waals surface area contributed by atoms with Gasteiger partial charge >= 0.3 is 0 Å². The van der Waals surface area contributed by atoms with Crippen LogP contribution >= 0.6 is 0 Å². The van der Waals surface area contributed by atoms with E-state index in [1.165, 1.54) is 19.3 Å². The lowest BCUT2D eigenvalue weighted by Gasteiger charge is -2.66. The molecule has 19 heavy (non-hydrogen) atoms. The zero-order valence-corrected chi connectivity index (χ0v) is 13.0. The minimum Gasteiger partial charge on any atom is -0.377 e. The summed E-state index contributed by atoms with van der Waals surface area (Å²) in [4.78, 5) is 0. The van der Waals surface area contributed by atoms with Crippen LogP contribution in [-0.2, 0) is 4.74 Å². The summed E-state index contributed by atoms with van der Waals surface area (Å²) in [7, 11) is 0. The van der Waals surface area contributed by atoms with Crippen molar-refractivity contribution < 1.29 is 4.74 Å². The van der Waals surface area contributed by atoms with E-state index >= 15 is 0 Å². The maximum atomic E-state index is 6.77. The zero-order chi connectivity index (χ0) is 13.9. The molecule has 0 aromatic heterocycles. The van der Waals surface area contributed by atoms with Crippen LogP contribution in [-0.4, -0.2) is 31.3 Å². The molecule has 1 saturated heterocycles. The first kappa shape index (κ1) is 13.8. The van der Waals surface area contributed by atoms with Crippen molar-refractivity contribution in [3.05, 3.63) is 0 Å². The van der Waals surface area contributed by atoms with Gasteiger partial charge in [0.1, 0.15) is 0 Å². The Hall–Kier alpha value is -0.120. The van der Waals surface area contributed by atoms with Crippen molar-refractivity contribution in [2.75, 3.05) is 19.7 Å². The lowest BCUT2D eigenvalue weighted by Crippen LogP contribution is -2.80. The van der Waals surface area contributed by atoms with Gasteiger partial charge in [-0.1, -0.05) is 27.7 Å². The van der Waals surface area contributed by atoms with Gasteiger partial charge in [-0.3, -0.25) is 0 Å². The van der Waals surface area contributed by atoms with Crippen LogP contribution in [0.25, 0.3) is 0 Å². The minimum absolute atomic E-state index is 0.0862. The molecule has 0 amide bonds. The highest BCUT2D eigenvalue weighted by Gasteiger charge is 2.66. The SMILES string of the molecule is CC1(C)CC1CNCC1(N)C2CCCOC2C1(C)C. The third-order valence-electron chi connectivity index (χ3n) is 6.42. The normalized spacial score (nSPS) is 46.3. The van der Waals surface area contributed by atoms with Gasteiger partial charge in [0.15, 0.2) is 0 Å². The average Bonchev–Trinajstić information content (AvgIpc) is 2.96. The molecule has 3 N–H and O–H groups in total. The first-order valence-electron chi connectivity index (χ1n) is 7.90. The molecule has 1 aliphatic heterocycles. The van der Waals surface area contributed by atoms with E-state index in [1.54, 1.807) is 0 Å². The van der Waals surface area contributed by atoms with Gasteiger partial charge in [0, 0.05) is 30.0 Å². The largest absolute Gasteiger partial charge is 0.377 e. The predicted octanol–water partition coefficient (Wildman–Crippen LogP) is 2.15. The van der Waals surface area contributed by atoms with Crippen LogP contribution in [0.15, 0.2) is 0 Å². The molecule has 1 heterocycles. The average molecular weight is 266 g/mol. The summed E-state index contributed by atoms with van der Waals surface area (Å²) >= 11 is 0. The van der Waals surface area contributed by atoms with Gasteiger partial charge < -0.3 is 15.8 Å². The molecule has 0 aromatic carbocycles. The molecule has 0 spiro atoms. The van der Waals surface area contributed by atoms with Crippen molar-refractivity contribution in [3.63, 3.8) is 0 Å². The number of ether oxygens (including phenoxy) is 1. The number of rotatable bonds is 4. The second-order valence-electron chi connectivity index (χ2n) is 8.32. The van der Waals surface area contributed by atoms with E-state index in [0.29, 0.717) is 17.4 Å². The van der Waals surface area contributed by atoms with E-state index in [2.05, 4.69) is 33.0 Å². The molecule has 2 saturated carbocycles. The Morgan fingerprint density at radius 1 is 1.26 bits per heavy atom. The van der Waals surface area contributed by atoms with Crippen molar-refractivity contribution in [1.82, 2.24) is 5.32 Å². The van der Waals surface area contributed by atoms with E-state index in [9.17, 15) is 0 Å². The molecular formula is C16H30N2O. The summed E-state index contributed by atoms with van der Waals surface area (Å²) in [5.41, 5.74) is 7.34. The van der Waals surface area contributed by atoms with E-state index in [1.807, 2.05) is 0 Å². The predicted molar refractivity (Wildman–Crippen MR) is 77.9 cm³/mol. The van der Waals surface area contributed by atoms with E-state index < -0.39 is 0 Å². The summed E-state index contributed by atoms with van der Waals surface area (Å²) < 4.78 is 5.95. The number of hydrogen-bond acceptors (Lipinski definition) is 3. The Morgan fingerprint density at radius 3 is 2.58 bits per heavy atom. The lowest BCUT2D eigenvalue weighted by atomic mass is 9.46. The van der Waals surface area contributed by atoms with Crippen molar-refractivity contribution in [1.29, 1.82) is 0 Å². The maximum absolute atomic E-state index is 6.77. The second-order valence-corrected chi connectivity index (χ2v) is 8.32. The lowest BCUT2D eigenvalue weighted by molar-refractivity contribution is -0.225. The van der Waals surface area contributed by atoms with Crippen LogP contribution in [0.3, 0.4) is 0 Å². The van der Waals surface area contributed by atoms with Gasteiger partial charge in [-0.25, -0.2) is 0 Å². The van der Waals surface area contributed by atoms with Crippen molar-refractivity contribution >= 4 is 0 Å². The van der Waals surface area contributed by atoms with Crippen LogP contribution in [0.1, 0.15) is 47.0 Å². The summed E-state index contributed by atoms with van der Waals surface area (Å²) in [6.45, 7) is 12.3. The molecule has 0 radical (unpaired) electrons. The Balaban J connectivity index is 1.56. The molecule has 4 atom stereocenters. The van der Waals surface area contributed by atoms with Gasteiger partial charge in [-0.05, 0) is 37.1 Å². The van der Waals surface area contributed by atoms with Crippen LogP contribution < -0.4 is 11.1 Å². The van der Waals surface area contributed by atoms with Crippen LogP contribution in [0.5, 0.6) is 0 Å². The fourth-order valence-electron chi connectivity index (χ4n) is 4.40. The highest BCUT2D eigenvalue weighted by Crippen LogP contribution is 2.57. The first-order chi connectivity index (χ1) is 8.79. The quantitative estimate of drug-likeness (QED) is 0.819. The molecule has 4 unspecified atom stereocenters. The Labute approximate surface area is 117 Å². The topological polar surface area (TPSA) is 47.3 Å². The smallest absolute Gasteiger partial charge is 0.0690 e. The van der Waals surface area contributed by atoms with Crippen LogP contribution in [0.4, 0.5) is 0 Å². The van der Waals surface area contributed by atoms with Gasteiger partial charge in [0.2, 0.25) is 0 Å². The van der Waals surface area contributed by atoms with Crippen molar-refractivity contribution in [2.45, 2.75) is 58.6 Å². The summed E-state index contributed by atoms with van der Waals surface area (Å²) in [6, 6.07) is 0. The minimum atomic E-state index is -0.0862. The first-order valence-corrected chi connectivity index (χ1v) is 7.90. The van der Waals surface area contributed by atoms with Gasteiger partial charge in [0.05, 0.1) is 6.10 Å². The van der Waals surface area contributed by atoms with Crippen molar-refractivity contribution in [3.8, 4) is 0 Å². The standard InChI is InChI=1S/C16H30N2O/c1-14(2)8-11(14)9-18-10-16(17)12-6-5-7-19-13(12)15(16,3)4/h11-13,18H,5-10,17H2,1-4H3. The van der Waals surface area contributed by atoms with Crippen LogP contribution in [0.2, 0.25) is 0 Å². The number of nitrogens with two attached hydrogens (primary N) is 1. The molecule has 3 rings (SSSR count). The number of hydrogen-bond donors (Lipinski definition) is 2. The molecule has 3 nitrogen and oxygen atoms in total. The number of nitrogens with one attached hydrogen (secondary N) is 1. The van der Waals surface area contributed by atoms with Gasteiger partial charge in [-0.15, -0.1) is 0 Å². The van der Waals surface area contributed by atoms with Crippen LogP contribution in [0, 0.1) is 22.7 Å². The summed E-state index contributed by atoms with van der Waals surface area (Å²) in [6.07, 6.45) is 4.15. The Kier molecular flexibility index (Phi) is 3.05. The van der Waals surface area contributed by atoms with E-state index in [-0.39, 0.29) is 11.0 Å². The molecule has 2 aliphatic carbocycles. The molecule has 3 aliphatic rings. The van der Waals surface area contributed by atoms with Gasteiger partial charge in [-0.2, -0.15) is 0 Å². The molecule has 3 fully saturated rings. The highest BCUT2D eigenvalue weighted by atomic mass is 16.5. The monoisotopic (exact) mass is 266 g/mol. The summed E-state index contributed by atoms with van der Waals surface area (Å²) in [5.74, 6) is 1.40. The Morgan fingerprint density at radius 2 is 1.95 bits per heavy atom. The number of fused-ring (bicyclic) bond motifs is 1. The zero-order valence-electron chi connectivity index (χ0n) is 13.0. The van der Waals surface area contributed by atoms with Crippen molar-refractivity contribution in [2.24, 2.45) is 28.4 Å². The maximum Gasteiger partial charge on any atom is 0.0690 e. The van der Waals surface area contributed by atoms with E-state index in [4.69, 9.17) is 10.5 Å². The Bertz CT molecular complexity index is 366.